The van der Waals surface area contributed by atoms with E-state index in [0.717, 1.165) is 5.56 Å². The number of rotatable bonds is 4. The normalized spacial score (nSPS) is 17.9. The molecule has 1 aliphatic heterocycles. The lowest BCUT2D eigenvalue weighted by Gasteiger charge is -2.33. The van der Waals surface area contributed by atoms with Crippen LogP contribution in [0.25, 0.3) is 0 Å². The molecule has 1 aliphatic rings. The van der Waals surface area contributed by atoms with Gasteiger partial charge in [-0.1, -0.05) is 42.5 Å². The van der Waals surface area contributed by atoms with E-state index >= 15 is 0 Å². The third-order valence-corrected chi connectivity index (χ3v) is 3.37. The minimum atomic E-state index is -1.28. The Labute approximate surface area is 117 Å². The molecule has 1 fully saturated rings. The predicted molar refractivity (Wildman–Crippen MR) is 73.7 cm³/mol. The molecule has 0 spiro atoms. The number of benzene rings is 1. The molecule has 20 heavy (non-hydrogen) atoms. The largest absolute Gasteiger partial charge is 0.328 e. The van der Waals surface area contributed by atoms with Crippen molar-refractivity contribution in [3.05, 3.63) is 48.0 Å². The van der Waals surface area contributed by atoms with Crippen LogP contribution in [0.5, 0.6) is 0 Å². The van der Waals surface area contributed by atoms with E-state index in [1.165, 1.54) is 0 Å². The monoisotopic (exact) mass is 272 g/mol. The second kappa shape index (κ2) is 5.69. The molecule has 1 saturated heterocycles. The summed E-state index contributed by atoms with van der Waals surface area (Å²) >= 11 is 0. The van der Waals surface area contributed by atoms with Gasteiger partial charge in [0, 0.05) is 0 Å². The summed E-state index contributed by atoms with van der Waals surface area (Å²) in [6.07, 6.45) is 4.05. The number of hydrogen-bond donors (Lipinski definition) is 2. The quantitative estimate of drug-likeness (QED) is 0.645. The molecule has 5 nitrogen and oxygen atoms in total. The van der Waals surface area contributed by atoms with Crippen molar-refractivity contribution in [2.24, 2.45) is 5.41 Å². The van der Waals surface area contributed by atoms with Crippen molar-refractivity contribution in [2.75, 3.05) is 0 Å². The highest BCUT2D eigenvalue weighted by Gasteiger charge is 2.49. The maximum absolute atomic E-state index is 12.2. The third-order valence-electron chi connectivity index (χ3n) is 3.37. The molecule has 0 radical (unpaired) electrons. The van der Waals surface area contributed by atoms with Gasteiger partial charge in [-0.05, 0) is 25.3 Å². The van der Waals surface area contributed by atoms with E-state index in [4.69, 9.17) is 0 Å². The zero-order chi connectivity index (χ0) is 14.6. The lowest BCUT2D eigenvalue weighted by Crippen LogP contribution is -2.63. The van der Waals surface area contributed by atoms with Crippen molar-refractivity contribution in [2.45, 2.75) is 19.8 Å². The maximum Gasteiger partial charge on any atom is 0.328 e. The smallest absolute Gasteiger partial charge is 0.277 e. The Bertz CT molecular complexity index is 544. The molecule has 1 heterocycles. The maximum atomic E-state index is 12.2. The Balaban J connectivity index is 2.37. The highest BCUT2D eigenvalue weighted by Crippen LogP contribution is 2.30. The first-order valence-electron chi connectivity index (χ1n) is 6.40. The second-order valence-corrected chi connectivity index (χ2v) is 4.76. The molecule has 1 aromatic rings. The minimum absolute atomic E-state index is 0.253. The van der Waals surface area contributed by atoms with Crippen molar-refractivity contribution in [1.82, 2.24) is 10.6 Å². The third kappa shape index (κ3) is 2.61. The summed E-state index contributed by atoms with van der Waals surface area (Å²) in [6.45, 7) is 1.82. The molecule has 2 N–H and O–H groups in total. The molecular formula is C15H16N2O3. The Hall–Kier alpha value is -2.43. The van der Waals surface area contributed by atoms with E-state index < -0.39 is 23.3 Å². The first-order valence-corrected chi connectivity index (χ1v) is 6.40. The summed E-state index contributed by atoms with van der Waals surface area (Å²) in [6, 6.07) is 8.52. The molecule has 0 bridgehead atoms. The first-order chi connectivity index (χ1) is 9.58. The van der Waals surface area contributed by atoms with Gasteiger partial charge in [0.05, 0.1) is 0 Å². The molecule has 2 rings (SSSR count). The molecule has 0 aromatic heterocycles. The van der Waals surface area contributed by atoms with Crippen LogP contribution in [0, 0.1) is 5.41 Å². The van der Waals surface area contributed by atoms with E-state index in [1.807, 2.05) is 37.3 Å². The summed E-state index contributed by atoms with van der Waals surface area (Å²) in [5.74, 6) is -1.10. The van der Waals surface area contributed by atoms with Gasteiger partial charge in [0.2, 0.25) is 11.8 Å². The number of nitrogens with one attached hydrogen (secondary N) is 2. The fourth-order valence-corrected chi connectivity index (χ4v) is 2.26. The summed E-state index contributed by atoms with van der Waals surface area (Å²) < 4.78 is 0. The Morgan fingerprint density at radius 2 is 1.65 bits per heavy atom. The number of allylic oxidation sites excluding steroid dienone is 2. The van der Waals surface area contributed by atoms with Crippen LogP contribution >= 0.6 is 0 Å². The van der Waals surface area contributed by atoms with Crippen LogP contribution in [0.3, 0.4) is 0 Å². The molecule has 0 atom stereocenters. The van der Waals surface area contributed by atoms with E-state index in [0.29, 0.717) is 0 Å². The van der Waals surface area contributed by atoms with Crippen molar-refractivity contribution in [1.29, 1.82) is 0 Å². The topological polar surface area (TPSA) is 75.3 Å². The van der Waals surface area contributed by atoms with Crippen LogP contribution in [0.4, 0.5) is 4.79 Å². The van der Waals surface area contributed by atoms with Crippen LogP contribution < -0.4 is 10.6 Å². The summed E-state index contributed by atoms with van der Waals surface area (Å²) in [5.41, 5.74) is -0.404. The fraction of sp³-hybridized carbons (Fsp3) is 0.267. The number of amides is 4. The number of carbonyl (C=O) groups excluding carboxylic acids is 3. The highest BCUT2D eigenvalue weighted by molar-refractivity contribution is 6.19. The Morgan fingerprint density at radius 1 is 1.05 bits per heavy atom. The molecule has 4 amide bonds. The van der Waals surface area contributed by atoms with E-state index in [9.17, 15) is 14.4 Å². The van der Waals surface area contributed by atoms with Crippen molar-refractivity contribution >= 4 is 17.8 Å². The van der Waals surface area contributed by atoms with Crippen LogP contribution in [-0.4, -0.2) is 17.8 Å². The number of barbiturate groups is 1. The molecule has 0 unspecified atom stereocenters. The van der Waals surface area contributed by atoms with Crippen LogP contribution in [0.2, 0.25) is 0 Å². The van der Waals surface area contributed by atoms with Gasteiger partial charge < -0.3 is 0 Å². The van der Waals surface area contributed by atoms with Crippen LogP contribution in [-0.2, 0) is 16.0 Å². The lowest BCUT2D eigenvalue weighted by atomic mass is 9.75. The van der Waals surface area contributed by atoms with E-state index in [-0.39, 0.29) is 12.8 Å². The van der Waals surface area contributed by atoms with Crippen LogP contribution in [0.15, 0.2) is 42.5 Å². The van der Waals surface area contributed by atoms with Crippen molar-refractivity contribution < 1.29 is 14.4 Å². The van der Waals surface area contributed by atoms with Gasteiger partial charge in [0.1, 0.15) is 5.41 Å². The van der Waals surface area contributed by atoms with Crippen molar-refractivity contribution in [3.8, 4) is 0 Å². The zero-order valence-corrected chi connectivity index (χ0v) is 11.2. The SMILES string of the molecule is C/C=C/CC1(Cc2ccccc2)C(=O)NC(=O)NC1=O. The van der Waals surface area contributed by atoms with E-state index in [1.54, 1.807) is 12.2 Å². The molecule has 104 valence electrons. The predicted octanol–water partition coefficient (Wildman–Crippen LogP) is 1.55. The molecule has 0 aliphatic carbocycles. The number of hydrogen-bond acceptors (Lipinski definition) is 3. The highest BCUT2D eigenvalue weighted by atomic mass is 16.2. The number of carbonyl (C=O) groups is 3. The van der Waals surface area contributed by atoms with Gasteiger partial charge in [-0.15, -0.1) is 0 Å². The minimum Gasteiger partial charge on any atom is -0.277 e. The van der Waals surface area contributed by atoms with Gasteiger partial charge in [0.25, 0.3) is 0 Å². The van der Waals surface area contributed by atoms with E-state index in [2.05, 4.69) is 10.6 Å². The number of imide groups is 2. The van der Waals surface area contributed by atoms with Gasteiger partial charge >= 0.3 is 6.03 Å². The molecule has 5 heteroatoms. The second-order valence-electron chi connectivity index (χ2n) is 4.76. The van der Waals surface area contributed by atoms with Gasteiger partial charge in [-0.3, -0.25) is 20.2 Å². The Kier molecular flexibility index (Phi) is 3.98. The van der Waals surface area contributed by atoms with Gasteiger partial charge in [-0.2, -0.15) is 0 Å². The lowest BCUT2D eigenvalue weighted by molar-refractivity contribution is -0.144. The zero-order valence-electron chi connectivity index (χ0n) is 11.2. The molecule has 1 aromatic carbocycles. The summed E-state index contributed by atoms with van der Waals surface area (Å²) in [5, 5.41) is 4.37. The average molecular weight is 272 g/mol. The standard InChI is InChI=1S/C15H16N2O3/c1-2-3-9-15(10-11-7-5-4-6-8-11)12(18)16-14(20)17-13(15)19/h2-8H,9-10H2,1H3,(H2,16,17,18,19,20)/b3-2+. The summed E-state index contributed by atoms with van der Waals surface area (Å²) in [4.78, 5) is 35.7. The summed E-state index contributed by atoms with van der Waals surface area (Å²) in [7, 11) is 0. The van der Waals surface area contributed by atoms with Gasteiger partial charge in [-0.25, -0.2) is 4.79 Å². The van der Waals surface area contributed by atoms with Gasteiger partial charge in [0.15, 0.2) is 0 Å². The Morgan fingerprint density at radius 3 is 2.20 bits per heavy atom. The number of urea groups is 1. The first kappa shape index (κ1) is 14.0. The van der Waals surface area contributed by atoms with Crippen LogP contribution in [0.1, 0.15) is 18.9 Å². The van der Waals surface area contributed by atoms with Crippen molar-refractivity contribution in [3.63, 3.8) is 0 Å². The fourth-order valence-electron chi connectivity index (χ4n) is 2.26. The molecule has 0 saturated carbocycles. The molecular weight excluding hydrogens is 256 g/mol. The average Bonchev–Trinajstić information content (AvgIpc) is 2.42.